The highest BCUT2D eigenvalue weighted by Gasteiger charge is 2.70. The van der Waals surface area contributed by atoms with Gasteiger partial charge in [0.1, 0.15) is 6.04 Å². The first-order chi connectivity index (χ1) is 16.7. The number of fused-ring (bicyclic) bond motifs is 9. The summed E-state index contributed by atoms with van der Waals surface area (Å²) in [6.07, 6.45) is 0.513. The zero-order valence-electron chi connectivity index (χ0n) is 20.0. The number of esters is 1. The number of H-pyrrole nitrogens is 1. The summed E-state index contributed by atoms with van der Waals surface area (Å²) in [7, 11) is 0. The van der Waals surface area contributed by atoms with Gasteiger partial charge in [-0.1, -0.05) is 35.6 Å². The van der Waals surface area contributed by atoms with E-state index >= 15 is 0 Å². The number of nitrogens with zero attached hydrogens (tertiary/aromatic N) is 1. The molecule has 0 radical (unpaired) electrons. The summed E-state index contributed by atoms with van der Waals surface area (Å²) < 4.78 is 5.32. The van der Waals surface area contributed by atoms with Crippen molar-refractivity contribution in [1.82, 2.24) is 9.88 Å². The number of hydrogen-bond acceptors (Lipinski definition) is 7. The number of amides is 2. The summed E-state index contributed by atoms with van der Waals surface area (Å²) in [5.41, 5.74) is 2.35. The molecule has 3 heterocycles. The van der Waals surface area contributed by atoms with Crippen molar-refractivity contribution in [3.05, 3.63) is 49.9 Å². The van der Waals surface area contributed by atoms with Gasteiger partial charge in [-0.05, 0) is 63.0 Å². The van der Waals surface area contributed by atoms with Crippen molar-refractivity contribution in [2.45, 2.75) is 62.5 Å². The summed E-state index contributed by atoms with van der Waals surface area (Å²) in [4.78, 5) is 57.4. The number of benzene rings is 1. The first-order valence-electron chi connectivity index (χ1n) is 12.2. The van der Waals surface area contributed by atoms with Gasteiger partial charge in [-0.15, -0.1) is 11.8 Å². The highest BCUT2D eigenvalue weighted by Crippen LogP contribution is 2.68. The molecule has 7 nitrogen and oxygen atoms in total. The van der Waals surface area contributed by atoms with Gasteiger partial charge in [0.25, 0.3) is 0 Å². The molecule has 8 unspecified atom stereocenters. The zero-order chi connectivity index (χ0) is 24.8. The number of nitrogens with one attached hydrogen (secondary N) is 1. The fourth-order valence-electron chi connectivity index (χ4n) is 7.14. The molecule has 2 saturated carbocycles. The zero-order valence-corrected chi connectivity index (χ0v) is 21.7. The third-order valence-electron chi connectivity index (χ3n) is 8.36. The molecule has 2 aliphatic carbocycles. The standard InChI is InChI=1S/C26H28N2O5S2/c1-10(2)33-25(31)12(4)28-23(29)18-14-9-15(19(18)24(28)30)20-17(14)16(13-8-6-5-7-11(13)3)21-22(34-20)27-26(32)35-21/h5-8,10,12,14-20H,9H2,1-4H3,(H,27,32). The van der Waals surface area contributed by atoms with Crippen LogP contribution in [0.15, 0.2) is 34.1 Å². The van der Waals surface area contributed by atoms with Crippen LogP contribution < -0.4 is 4.87 Å². The summed E-state index contributed by atoms with van der Waals surface area (Å²) in [6, 6.07) is 7.33. The largest absolute Gasteiger partial charge is 0.461 e. The van der Waals surface area contributed by atoms with Crippen LogP contribution in [0, 0.1) is 36.5 Å². The third-order valence-corrected chi connectivity index (χ3v) is 11.0. The van der Waals surface area contributed by atoms with Gasteiger partial charge in [-0.25, -0.2) is 4.79 Å². The molecule has 8 atom stereocenters. The molecule has 3 fully saturated rings. The minimum Gasteiger partial charge on any atom is -0.461 e. The molecule has 2 aliphatic heterocycles. The van der Waals surface area contributed by atoms with Gasteiger partial charge < -0.3 is 9.72 Å². The predicted octanol–water partition coefficient (Wildman–Crippen LogP) is 3.56. The molecular formula is C26H28N2O5S2. The lowest BCUT2D eigenvalue weighted by Crippen LogP contribution is -2.45. The minimum absolute atomic E-state index is 0.0117. The monoisotopic (exact) mass is 512 g/mol. The Labute approximate surface area is 211 Å². The summed E-state index contributed by atoms with van der Waals surface area (Å²) >= 11 is 2.94. The number of rotatable bonds is 4. The number of hydrogen-bond donors (Lipinski definition) is 1. The molecule has 1 aromatic heterocycles. The first-order valence-corrected chi connectivity index (χ1v) is 13.9. The van der Waals surface area contributed by atoms with E-state index in [1.807, 2.05) is 12.1 Å². The van der Waals surface area contributed by atoms with E-state index in [9.17, 15) is 19.2 Å². The lowest BCUT2D eigenvalue weighted by atomic mass is 9.67. The Balaban J connectivity index is 1.40. The Kier molecular flexibility index (Phi) is 5.31. The first kappa shape index (κ1) is 23.0. The third kappa shape index (κ3) is 3.23. The number of carbonyl (C=O) groups excluding carboxylic acids is 3. The maximum absolute atomic E-state index is 13.7. The quantitative estimate of drug-likeness (QED) is 0.497. The molecule has 0 spiro atoms. The Bertz CT molecular complexity index is 1300. The normalized spacial score (nSPS) is 33.6. The van der Waals surface area contributed by atoms with Crippen LogP contribution in [0.5, 0.6) is 0 Å². The topological polar surface area (TPSA) is 96.5 Å². The Hall–Kier alpha value is -2.39. The summed E-state index contributed by atoms with van der Waals surface area (Å²) in [6.45, 7) is 7.18. The van der Waals surface area contributed by atoms with Crippen LogP contribution in [0.4, 0.5) is 0 Å². The van der Waals surface area contributed by atoms with Crippen molar-refractivity contribution in [2.75, 3.05) is 0 Å². The molecule has 1 saturated heterocycles. The van der Waals surface area contributed by atoms with Gasteiger partial charge in [-0.3, -0.25) is 19.3 Å². The molecule has 1 N–H and O–H groups in total. The number of aromatic amines is 1. The highest BCUT2D eigenvalue weighted by molar-refractivity contribution is 8.00. The second kappa shape index (κ2) is 8.06. The average molecular weight is 513 g/mol. The molecule has 2 aromatic rings. The number of aryl methyl sites for hydroxylation is 1. The van der Waals surface area contributed by atoms with Crippen LogP contribution in [0.2, 0.25) is 0 Å². The van der Waals surface area contributed by atoms with Crippen LogP contribution in [0.1, 0.15) is 49.1 Å². The van der Waals surface area contributed by atoms with Crippen LogP contribution in [0.25, 0.3) is 0 Å². The molecule has 184 valence electrons. The predicted molar refractivity (Wildman–Crippen MR) is 132 cm³/mol. The van der Waals surface area contributed by atoms with Gasteiger partial charge >= 0.3 is 10.8 Å². The number of thioether (sulfide) groups is 1. The van der Waals surface area contributed by atoms with Crippen molar-refractivity contribution >= 4 is 40.9 Å². The van der Waals surface area contributed by atoms with Gasteiger partial charge in [0.2, 0.25) is 11.8 Å². The molecule has 6 rings (SSSR count). The molecule has 2 amide bonds. The smallest absolute Gasteiger partial charge is 0.329 e. The molecule has 1 aromatic carbocycles. The van der Waals surface area contributed by atoms with E-state index in [2.05, 4.69) is 24.0 Å². The van der Waals surface area contributed by atoms with Crippen LogP contribution >= 0.6 is 23.1 Å². The van der Waals surface area contributed by atoms with Gasteiger partial charge in [0, 0.05) is 16.0 Å². The van der Waals surface area contributed by atoms with E-state index < -0.39 is 23.8 Å². The van der Waals surface area contributed by atoms with Crippen molar-refractivity contribution in [1.29, 1.82) is 0 Å². The van der Waals surface area contributed by atoms with Gasteiger partial charge in [-0.2, -0.15) is 0 Å². The molecule has 4 aliphatic rings. The van der Waals surface area contributed by atoms with Crippen molar-refractivity contribution in [3.8, 4) is 0 Å². The molecule has 2 bridgehead atoms. The number of thiazole rings is 1. The Morgan fingerprint density at radius 3 is 2.46 bits per heavy atom. The van der Waals surface area contributed by atoms with Gasteiger partial charge in [0.15, 0.2) is 0 Å². The number of imide groups is 1. The van der Waals surface area contributed by atoms with Crippen molar-refractivity contribution in [3.63, 3.8) is 0 Å². The molecular weight excluding hydrogens is 484 g/mol. The number of ether oxygens (including phenoxy) is 1. The fourth-order valence-corrected chi connectivity index (χ4v) is 10.0. The van der Waals surface area contributed by atoms with Crippen LogP contribution in [0.3, 0.4) is 0 Å². The summed E-state index contributed by atoms with van der Waals surface area (Å²) in [5, 5.41) is 1.04. The minimum atomic E-state index is -0.928. The maximum atomic E-state index is 13.7. The lowest BCUT2D eigenvalue weighted by molar-refractivity contribution is -0.161. The van der Waals surface area contributed by atoms with E-state index in [-0.39, 0.29) is 51.7 Å². The van der Waals surface area contributed by atoms with Gasteiger partial charge in [0.05, 0.1) is 23.0 Å². The Morgan fingerprint density at radius 2 is 1.77 bits per heavy atom. The van der Waals surface area contributed by atoms with E-state index in [1.165, 1.54) is 21.8 Å². The van der Waals surface area contributed by atoms with E-state index in [4.69, 9.17) is 4.74 Å². The molecule has 35 heavy (non-hydrogen) atoms. The molecule has 9 heteroatoms. The maximum Gasteiger partial charge on any atom is 0.329 e. The van der Waals surface area contributed by atoms with Crippen molar-refractivity contribution < 1.29 is 19.1 Å². The van der Waals surface area contributed by atoms with Crippen molar-refractivity contribution in [2.24, 2.45) is 29.6 Å². The SMILES string of the molecule is Cc1ccccc1C1c2sc(=O)[nH]c2SC2C3CC(C4C(=O)N(C(C)C(=O)OC(C)C)C(=O)C34)C12. The second-order valence-corrected chi connectivity index (χ2v) is 12.7. The number of carbonyl (C=O) groups is 3. The highest BCUT2D eigenvalue weighted by atomic mass is 32.2. The van der Waals surface area contributed by atoms with E-state index in [0.29, 0.717) is 0 Å². The number of likely N-dealkylation sites (tertiary alicyclic amines) is 1. The van der Waals surface area contributed by atoms with Crippen LogP contribution in [-0.2, 0) is 19.1 Å². The van der Waals surface area contributed by atoms with E-state index in [0.717, 1.165) is 21.9 Å². The van der Waals surface area contributed by atoms with Crippen LogP contribution in [-0.4, -0.2) is 45.1 Å². The van der Waals surface area contributed by atoms with E-state index in [1.54, 1.807) is 32.5 Å². The summed E-state index contributed by atoms with van der Waals surface area (Å²) in [5.74, 6) is -1.59. The average Bonchev–Trinajstić information content (AvgIpc) is 3.52. The number of aromatic nitrogens is 1. The fraction of sp³-hybridized carbons (Fsp3) is 0.538. The lowest BCUT2D eigenvalue weighted by Gasteiger charge is -2.43. The second-order valence-electron chi connectivity index (χ2n) is 10.5. The Morgan fingerprint density at radius 1 is 1.09 bits per heavy atom.